The average molecular weight is 513 g/mol. The van der Waals surface area contributed by atoms with Crippen LogP contribution in [0.25, 0.3) is 0 Å². The maximum Gasteiger partial charge on any atom is 0.334 e. The number of carbonyl (C=O) groups excluding carboxylic acids is 3. The highest BCUT2D eigenvalue weighted by molar-refractivity contribution is 9.12. The topological polar surface area (TPSA) is 63.7 Å². The molecule has 1 aromatic carbocycles. The molecular formula is C21H23Br2NO4. The minimum absolute atomic E-state index is 0.130. The van der Waals surface area contributed by atoms with Crippen LogP contribution in [0.2, 0.25) is 0 Å². The minimum atomic E-state index is -0.882. The summed E-state index contributed by atoms with van der Waals surface area (Å²) in [5, 5.41) is 0. The fourth-order valence-corrected chi connectivity index (χ4v) is 6.98. The quantitative estimate of drug-likeness (QED) is 0.260. The molecule has 3 fully saturated rings. The molecule has 0 N–H and O–H groups in total. The lowest BCUT2D eigenvalue weighted by molar-refractivity contribution is -0.154. The smallest absolute Gasteiger partial charge is 0.334 e. The Morgan fingerprint density at radius 3 is 2.11 bits per heavy atom. The summed E-state index contributed by atoms with van der Waals surface area (Å²) in [4.78, 5) is 41.1. The van der Waals surface area contributed by atoms with Gasteiger partial charge in [0.2, 0.25) is 11.8 Å². The van der Waals surface area contributed by atoms with Crippen LogP contribution in [0, 0.1) is 29.6 Å². The number of benzene rings is 1. The summed E-state index contributed by atoms with van der Waals surface area (Å²) in [6.07, 6.45) is 1.27. The molecule has 0 unspecified atom stereocenters. The van der Waals surface area contributed by atoms with E-state index in [0.29, 0.717) is 12.2 Å². The highest BCUT2D eigenvalue weighted by Crippen LogP contribution is 2.60. The first-order chi connectivity index (χ1) is 13.3. The molecule has 2 amide bonds. The number of likely N-dealkylation sites (tertiary alicyclic amines) is 1. The fraction of sp³-hybridized carbons (Fsp3) is 0.571. The van der Waals surface area contributed by atoms with Gasteiger partial charge in [-0.15, -0.1) is 0 Å². The molecule has 3 aliphatic rings. The molecule has 2 saturated carbocycles. The largest absolute Gasteiger partial charge is 0.425 e. The molecule has 7 heteroatoms. The summed E-state index contributed by atoms with van der Waals surface area (Å²) in [5.41, 5.74) is 0. The number of para-hydroxylation sites is 1. The number of nitrogens with zero attached hydrogens (tertiary/aromatic N) is 1. The number of alkyl halides is 2. The number of ether oxygens (including phenoxy) is 1. The number of halogens is 2. The lowest BCUT2D eigenvalue weighted by atomic mass is 9.81. The molecular weight excluding hydrogens is 490 g/mol. The van der Waals surface area contributed by atoms with Crippen LogP contribution in [0.5, 0.6) is 5.75 Å². The van der Waals surface area contributed by atoms with Gasteiger partial charge >= 0.3 is 5.97 Å². The van der Waals surface area contributed by atoms with Crippen LogP contribution in [0.4, 0.5) is 0 Å². The van der Waals surface area contributed by atoms with Crippen molar-refractivity contribution in [2.45, 2.75) is 42.4 Å². The summed E-state index contributed by atoms with van der Waals surface area (Å²) in [5.74, 6) is -0.787. The third-order valence-electron chi connectivity index (χ3n) is 6.26. The van der Waals surface area contributed by atoms with Crippen LogP contribution < -0.4 is 4.74 Å². The molecule has 0 aromatic heterocycles. The molecule has 2 aliphatic carbocycles. The number of imide groups is 1. The van der Waals surface area contributed by atoms with E-state index in [1.807, 2.05) is 19.9 Å². The van der Waals surface area contributed by atoms with Crippen molar-refractivity contribution in [1.29, 1.82) is 0 Å². The van der Waals surface area contributed by atoms with Crippen LogP contribution in [0.1, 0.15) is 26.7 Å². The van der Waals surface area contributed by atoms with Crippen LogP contribution in [-0.4, -0.2) is 38.4 Å². The van der Waals surface area contributed by atoms with Crippen LogP contribution in [0.3, 0.4) is 0 Å². The first kappa shape index (κ1) is 20.1. The molecule has 1 heterocycles. The zero-order chi connectivity index (χ0) is 20.2. The van der Waals surface area contributed by atoms with Crippen molar-refractivity contribution in [3.05, 3.63) is 30.3 Å². The highest BCUT2D eigenvalue weighted by Gasteiger charge is 2.67. The van der Waals surface area contributed by atoms with Gasteiger partial charge < -0.3 is 4.74 Å². The summed E-state index contributed by atoms with van der Waals surface area (Å²) in [6, 6.07) is 7.89. The van der Waals surface area contributed by atoms with Crippen LogP contribution >= 0.6 is 31.9 Å². The van der Waals surface area contributed by atoms with E-state index < -0.39 is 12.0 Å². The SMILES string of the molecule is CC(C)C[C@H](C(=O)Oc1ccccc1)N1C(=O)[C@@H]2[C@H]3C[C@@H]([C@H](Br)[C@H]3Br)[C@@H]2C1=O. The Kier molecular flexibility index (Phi) is 5.42. The van der Waals surface area contributed by atoms with Crippen LogP contribution in [-0.2, 0) is 14.4 Å². The molecule has 0 radical (unpaired) electrons. The number of esters is 1. The van der Waals surface area contributed by atoms with Crippen LogP contribution in [0.15, 0.2) is 30.3 Å². The number of hydrogen-bond donors (Lipinski definition) is 0. The zero-order valence-electron chi connectivity index (χ0n) is 15.8. The van der Waals surface area contributed by atoms with Gasteiger partial charge in [0.15, 0.2) is 0 Å². The van der Waals surface area contributed by atoms with Crippen molar-refractivity contribution in [2.24, 2.45) is 29.6 Å². The van der Waals surface area contributed by atoms with E-state index >= 15 is 0 Å². The zero-order valence-corrected chi connectivity index (χ0v) is 18.9. The number of rotatable bonds is 5. The van der Waals surface area contributed by atoms with Crippen molar-refractivity contribution in [2.75, 3.05) is 0 Å². The molecule has 28 heavy (non-hydrogen) atoms. The molecule has 0 spiro atoms. The maximum absolute atomic E-state index is 13.3. The van der Waals surface area contributed by atoms with Gasteiger partial charge in [0.05, 0.1) is 11.8 Å². The lowest BCUT2D eigenvalue weighted by Crippen LogP contribution is -2.48. The normalized spacial score (nSPS) is 34.8. The number of fused-ring (bicyclic) bond motifs is 5. The Labute approximate surface area is 181 Å². The van der Waals surface area contributed by atoms with Crippen molar-refractivity contribution >= 4 is 49.6 Å². The van der Waals surface area contributed by atoms with Crippen molar-refractivity contribution in [3.63, 3.8) is 0 Å². The molecule has 1 aromatic rings. The summed E-state index contributed by atoms with van der Waals surface area (Å²) in [7, 11) is 0. The van der Waals surface area contributed by atoms with Gasteiger partial charge in [-0.25, -0.2) is 4.79 Å². The molecule has 5 nitrogen and oxygen atoms in total. The first-order valence-corrected chi connectivity index (χ1v) is 11.6. The Balaban J connectivity index is 1.61. The number of hydrogen-bond acceptors (Lipinski definition) is 4. The molecule has 7 atom stereocenters. The van der Waals surface area contributed by atoms with E-state index in [0.717, 1.165) is 6.42 Å². The van der Waals surface area contributed by atoms with Crippen molar-refractivity contribution in [1.82, 2.24) is 4.90 Å². The second-order valence-corrected chi connectivity index (χ2v) is 10.5. The third kappa shape index (κ3) is 3.15. The Bertz CT molecular complexity index is 767. The molecule has 1 saturated heterocycles. The lowest BCUT2D eigenvalue weighted by Gasteiger charge is -2.28. The predicted molar refractivity (Wildman–Crippen MR) is 111 cm³/mol. The van der Waals surface area contributed by atoms with Gasteiger partial charge in [-0.1, -0.05) is 63.9 Å². The van der Waals surface area contributed by atoms with Gasteiger partial charge in [-0.3, -0.25) is 14.5 Å². The minimum Gasteiger partial charge on any atom is -0.425 e. The van der Waals surface area contributed by atoms with Crippen molar-refractivity contribution in [3.8, 4) is 5.75 Å². The Morgan fingerprint density at radius 2 is 1.61 bits per heavy atom. The van der Waals surface area contributed by atoms with Gasteiger partial charge in [-0.05, 0) is 42.7 Å². The van der Waals surface area contributed by atoms with E-state index in [1.54, 1.807) is 24.3 Å². The van der Waals surface area contributed by atoms with Crippen molar-refractivity contribution < 1.29 is 19.1 Å². The molecule has 150 valence electrons. The van der Waals surface area contributed by atoms with E-state index in [9.17, 15) is 14.4 Å². The van der Waals surface area contributed by atoms with E-state index in [4.69, 9.17) is 4.74 Å². The highest BCUT2D eigenvalue weighted by atomic mass is 79.9. The molecule has 2 bridgehead atoms. The summed E-state index contributed by atoms with van der Waals surface area (Å²) < 4.78 is 5.52. The number of amides is 2. The summed E-state index contributed by atoms with van der Waals surface area (Å²) >= 11 is 7.39. The molecule has 1 aliphatic heterocycles. The Morgan fingerprint density at radius 1 is 1.07 bits per heavy atom. The Hall–Kier alpha value is -1.21. The monoisotopic (exact) mass is 511 g/mol. The van der Waals surface area contributed by atoms with Gasteiger partial charge in [0, 0.05) is 9.65 Å². The van der Waals surface area contributed by atoms with E-state index in [1.165, 1.54) is 4.90 Å². The predicted octanol–water partition coefficient (Wildman–Crippen LogP) is 3.78. The average Bonchev–Trinajstić information content (AvgIpc) is 3.26. The molecule has 4 rings (SSSR count). The summed E-state index contributed by atoms with van der Waals surface area (Å²) in [6.45, 7) is 3.95. The fourth-order valence-electron chi connectivity index (χ4n) is 5.11. The van der Waals surface area contributed by atoms with E-state index in [2.05, 4.69) is 31.9 Å². The number of carbonyl (C=O) groups is 3. The van der Waals surface area contributed by atoms with Gasteiger partial charge in [-0.2, -0.15) is 0 Å². The first-order valence-electron chi connectivity index (χ1n) is 9.73. The second kappa shape index (κ2) is 7.56. The maximum atomic E-state index is 13.3. The van der Waals surface area contributed by atoms with E-state index in [-0.39, 0.29) is 51.1 Å². The second-order valence-electron chi connectivity index (χ2n) is 8.43. The van der Waals surface area contributed by atoms with Gasteiger partial charge in [0.25, 0.3) is 0 Å². The van der Waals surface area contributed by atoms with Gasteiger partial charge in [0.1, 0.15) is 11.8 Å². The third-order valence-corrected chi connectivity index (χ3v) is 9.47. The standard InChI is InChI=1S/C21H23Br2NO4/c1-10(2)8-14(21(27)28-11-6-4-3-5-7-11)24-19(25)15-12-9-13(16(15)20(24)26)18(23)17(12)22/h3-7,10,12-18H,8-9H2,1-2H3/t12-,13-,14-,15-,16+,17+,18+/m1/s1.